The fraction of sp³-hybridized carbons (Fsp3) is 0.0625. The molecule has 0 aliphatic carbocycles. The maximum atomic E-state index is 14.3. The third-order valence-corrected chi connectivity index (χ3v) is 3.49. The minimum atomic E-state index is -1.47. The Bertz CT molecular complexity index is 828. The molecular formula is C16H9F2NO4. The van der Waals surface area contributed by atoms with Crippen LogP contribution in [0, 0.1) is 11.6 Å². The second-order valence-corrected chi connectivity index (χ2v) is 4.74. The number of esters is 1. The molecule has 0 N–H and O–H groups in total. The van der Waals surface area contributed by atoms with Crippen LogP contribution >= 0.6 is 0 Å². The van der Waals surface area contributed by atoms with Crippen LogP contribution in [0.15, 0.2) is 36.4 Å². The van der Waals surface area contributed by atoms with E-state index in [0.29, 0.717) is 4.90 Å². The molecule has 1 aliphatic heterocycles. The van der Waals surface area contributed by atoms with Crippen LogP contribution in [-0.4, -0.2) is 24.9 Å². The van der Waals surface area contributed by atoms with E-state index in [-0.39, 0.29) is 11.1 Å². The molecular weight excluding hydrogens is 308 g/mol. The van der Waals surface area contributed by atoms with Crippen molar-refractivity contribution in [3.05, 3.63) is 64.7 Å². The van der Waals surface area contributed by atoms with Crippen LogP contribution in [0.1, 0.15) is 31.1 Å². The third kappa shape index (κ3) is 2.09. The minimum absolute atomic E-state index is 0.0528. The lowest BCUT2D eigenvalue weighted by Crippen LogP contribution is -2.32. The lowest BCUT2D eigenvalue weighted by Gasteiger charge is -2.18. The summed E-state index contributed by atoms with van der Waals surface area (Å²) in [6.45, 7) is 0. The molecule has 3 rings (SSSR count). The number of hydrogen-bond acceptors (Lipinski definition) is 4. The molecule has 0 saturated heterocycles. The number of halogens is 2. The van der Waals surface area contributed by atoms with Gasteiger partial charge >= 0.3 is 5.97 Å². The molecule has 1 aliphatic rings. The Morgan fingerprint density at radius 3 is 2.09 bits per heavy atom. The molecule has 0 saturated carbocycles. The van der Waals surface area contributed by atoms with Crippen molar-refractivity contribution in [2.45, 2.75) is 0 Å². The van der Waals surface area contributed by atoms with E-state index in [1.807, 2.05) is 0 Å². The van der Waals surface area contributed by atoms with Gasteiger partial charge in [-0.3, -0.25) is 9.59 Å². The fourth-order valence-electron chi connectivity index (χ4n) is 2.43. The highest BCUT2D eigenvalue weighted by molar-refractivity contribution is 6.35. The zero-order valence-corrected chi connectivity index (χ0v) is 11.8. The minimum Gasteiger partial charge on any atom is -0.465 e. The molecule has 2 aromatic rings. The van der Waals surface area contributed by atoms with E-state index in [1.54, 1.807) is 0 Å². The number of amides is 2. The SMILES string of the molecule is COC(=O)c1ccc(F)c(F)c1N1C(=O)c2ccccc2C1=O. The van der Waals surface area contributed by atoms with Crippen LogP contribution in [0.4, 0.5) is 14.5 Å². The zero-order chi connectivity index (χ0) is 16.7. The zero-order valence-electron chi connectivity index (χ0n) is 11.8. The molecule has 7 heteroatoms. The first-order valence-electron chi connectivity index (χ1n) is 6.51. The Labute approximate surface area is 129 Å². The highest BCUT2D eigenvalue weighted by atomic mass is 19.2. The van der Waals surface area contributed by atoms with E-state index in [1.165, 1.54) is 24.3 Å². The van der Waals surface area contributed by atoms with Gasteiger partial charge < -0.3 is 4.74 Å². The first kappa shape index (κ1) is 14.8. The number of imide groups is 1. The predicted molar refractivity (Wildman–Crippen MR) is 75.3 cm³/mol. The maximum absolute atomic E-state index is 14.3. The number of carbonyl (C=O) groups excluding carboxylic acids is 3. The maximum Gasteiger partial charge on any atom is 0.340 e. The van der Waals surface area contributed by atoms with Gasteiger partial charge in [0.05, 0.1) is 23.8 Å². The smallest absolute Gasteiger partial charge is 0.340 e. The molecule has 0 spiro atoms. The highest BCUT2D eigenvalue weighted by Crippen LogP contribution is 2.34. The number of hydrogen-bond donors (Lipinski definition) is 0. The molecule has 1 heterocycles. The van der Waals surface area contributed by atoms with Crippen LogP contribution < -0.4 is 4.90 Å². The number of anilines is 1. The summed E-state index contributed by atoms with van der Waals surface area (Å²) in [7, 11) is 1.05. The van der Waals surface area contributed by atoms with E-state index < -0.39 is 40.7 Å². The Kier molecular flexibility index (Phi) is 3.40. The van der Waals surface area contributed by atoms with E-state index in [0.717, 1.165) is 19.2 Å². The van der Waals surface area contributed by atoms with Gasteiger partial charge in [0.2, 0.25) is 0 Å². The quantitative estimate of drug-likeness (QED) is 0.631. The van der Waals surface area contributed by atoms with Crippen molar-refractivity contribution in [3.63, 3.8) is 0 Å². The predicted octanol–water partition coefficient (Wildman–Crippen LogP) is 2.55. The summed E-state index contributed by atoms with van der Waals surface area (Å²) in [5.74, 6) is -5.41. The number of methoxy groups -OCH3 is 1. The molecule has 0 bridgehead atoms. The van der Waals surface area contributed by atoms with E-state index in [9.17, 15) is 23.2 Å². The number of benzene rings is 2. The summed E-state index contributed by atoms with van der Waals surface area (Å²) < 4.78 is 32.3. The van der Waals surface area contributed by atoms with Crippen LogP contribution in [0.5, 0.6) is 0 Å². The molecule has 23 heavy (non-hydrogen) atoms. The van der Waals surface area contributed by atoms with Crippen LogP contribution in [-0.2, 0) is 4.74 Å². The lowest BCUT2D eigenvalue weighted by molar-refractivity contribution is 0.0601. The van der Waals surface area contributed by atoms with E-state index in [4.69, 9.17) is 0 Å². The first-order valence-corrected chi connectivity index (χ1v) is 6.51. The molecule has 5 nitrogen and oxygen atoms in total. The van der Waals surface area contributed by atoms with Gasteiger partial charge in [-0.2, -0.15) is 0 Å². The van der Waals surface area contributed by atoms with Crippen molar-refractivity contribution in [2.24, 2.45) is 0 Å². The Balaban J connectivity index is 2.24. The fourth-order valence-corrected chi connectivity index (χ4v) is 2.43. The van der Waals surface area contributed by atoms with Crippen LogP contribution in [0.25, 0.3) is 0 Å². The van der Waals surface area contributed by atoms with Crippen LogP contribution in [0.3, 0.4) is 0 Å². The monoisotopic (exact) mass is 317 g/mol. The van der Waals surface area contributed by atoms with Gasteiger partial charge in [-0.05, 0) is 24.3 Å². The summed E-state index contributed by atoms with van der Waals surface area (Å²) >= 11 is 0. The number of fused-ring (bicyclic) bond motifs is 1. The Hall–Kier alpha value is -3.09. The molecule has 0 aromatic heterocycles. The van der Waals surface area contributed by atoms with Gasteiger partial charge in [0.15, 0.2) is 11.6 Å². The Morgan fingerprint density at radius 1 is 1.00 bits per heavy atom. The molecule has 0 fully saturated rings. The van der Waals surface area contributed by atoms with Crippen molar-refractivity contribution in [1.82, 2.24) is 0 Å². The molecule has 0 radical (unpaired) electrons. The summed E-state index contributed by atoms with van der Waals surface area (Å²) in [5.41, 5.74) is -1.06. The van der Waals surface area contributed by atoms with Crippen molar-refractivity contribution < 1.29 is 27.9 Å². The topological polar surface area (TPSA) is 63.7 Å². The van der Waals surface area contributed by atoms with Crippen molar-refractivity contribution in [3.8, 4) is 0 Å². The van der Waals surface area contributed by atoms with Gasteiger partial charge in [-0.15, -0.1) is 0 Å². The molecule has 116 valence electrons. The Morgan fingerprint density at radius 2 is 1.57 bits per heavy atom. The van der Waals surface area contributed by atoms with Crippen molar-refractivity contribution >= 4 is 23.5 Å². The van der Waals surface area contributed by atoms with Gasteiger partial charge in [-0.25, -0.2) is 18.5 Å². The lowest BCUT2D eigenvalue weighted by atomic mass is 10.1. The normalized spacial score (nSPS) is 13.3. The summed E-state index contributed by atoms with van der Waals surface area (Å²) in [5, 5.41) is 0. The summed E-state index contributed by atoms with van der Waals surface area (Å²) in [4.78, 5) is 37.0. The number of nitrogens with zero attached hydrogens (tertiary/aromatic N) is 1. The summed E-state index contributed by atoms with van der Waals surface area (Å²) in [6.07, 6.45) is 0. The first-order chi connectivity index (χ1) is 11.0. The number of ether oxygens (including phenoxy) is 1. The van der Waals surface area contributed by atoms with E-state index in [2.05, 4.69) is 4.74 Å². The van der Waals surface area contributed by atoms with Crippen molar-refractivity contribution in [1.29, 1.82) is 0 Å². The second-order valence-electron chi connectivity index (χ2n) is 4.74. The van der Waals surface area contributed by atoms with Gasteiger partial charge in [0.1, 0.15) is 5.69 Å². The third-order valence-electron chi connectivity index (χ3n) is 3.49. The van der Waals surface area contributed by atoms with Crippen molar-refractivity contribution in [2.75, 3.05) is 12.0 Å². The van der Waals surface area contributed by atoms with Gasteiger partial charge in [0, 0.05) is 0 Å². The van der Waals surface area contributed by atoms with Gasteiger partial charge in [0.25, 0.3) is 11.8 Å². The molecule has 0 atom stereocenters. The standard InChI is InChI=1S/C16H9F2NO4/c1-23-16(22)10-6-7-11(17)12(18)13(10)19-14(20)8-4-2-3-5-9(8)15(19)21/h2-7H,1H3. The van der Waals surface area contributed by atoms with E-state index >= 15 is 0 Å². The summed E-state index contributed by atoms with van der Waals surface area (Å²) in [6, 6.07) is 7.55. The highest BCUT2D eigenvalue weighted by Gasteiger charge is 2.40. The molecule has 2 aromatic carbocycles. The number of rotatable bonds is 2. The largest absolute Gasteiger partial charge is 0.465 e. The molecule has 2 amide bonds. The molecule has 0 unspecified atom stereocenters. The van der Waals surface area contributed by atoms with Gasteiger partial charge in [-0.1, -0.05) is 12.1 Å². The average Bonchev–Trinajstić information content (AvgIpc) is 2.81. The second kappa shape index (κ2) is 5.28. The van der Waals surface area contributed by atoms with Crippen LogP contribution in [0.2, 0.25) is 0 Å². The number of carbonyl (C=O) groups is 3. The average molecular weight is 317 g/mol.